The normalized spacial score (nSPS) is 20.0. The number of hydrogen-bond donors (Lipinski definition) is 2. The average Bonchev–Trinajstić information content (AvgIpc) is 2.80. The van der Waals surface area contributed by atoms with E-state index in [1.807, 2.05) is 6.92 Å². The van der Waals surface area contributed by atoms with Crippen LogP contribution < -0.4 is 10.1 Å². The number of urea groups is 1. The molecule has 128 valence electrons. The lowest BCUT2D eigenvalue weighted by Crippen LogP contribution is -2.48. The van der Waals surface area contributed by atoms with Gasteiger partial charge in [0.1, 0.15) is 5.54 Å². The molecular weight excluding hydrogens is 310 g/mol. The van der Waals surface area contributed by atoms with Crippen LogP contribution in [0, 0.1) is 0 Å². The number of nitrogens with zero attached hydrogens (tertiary/aromatic N) is 2. The molecule has 1 saturated carbocycles. The fourth-order valence-corrected chi connectivity index (χ4v) is 3.24. The highest BCUT2D eigenvalue weighted by Crippen LogP contribution is 2.34. The first-order valence-corrected chi connectivity index (χ1v) is 8.23. The van der Waals surface area contributed by atoms with Gasteiger partial charge in [0.25, 0.3) is 5.91 Å². The van der Waals surface area contributed by atoms with Crippen LogP contribution in [0.5, 0.6) is 11.5 Å². The van der Waals surface area contributed by atoms with Crippen molar-refractivity contribution in [1.29, 1.82) is 0 Å². The molecular formula is C17H21N3O4. The topological polar surface area (TPSA) is 91.2 Å². The summed E-state index contributed by atoms with van der Waals surface area (Å²) in [4.78, 5) is 24.7. The fraction of sp³-hybridized carbons (Fsp3) is 0.471. The number of amides is 3. The van der Waals surface area contributed by atoms with Crippen LogP contribution in [0.15, 0.2) is 23.3 Å². The first-order valence-electron chi connectivity index (χ1n) is 8.23. The first-order chi connectivity index (χ1) is 11.6. The van der Waals surface area contributed by atoms with E-state index in [4.69, 9.17) is 4.74 Å². The molecule has 1 spiro atoms. The molecule has 0 atom stereocenters. The highest BCUT2D eigenvalue weighted by molar-refractivity contribution is 6.07. The zero-order chi connectivity index (χ0) is 17.2. The van der Waals surface area contributed by atoms with Gasteiger partial charge < -0.3 is 15.2 Å². The number of hydrogen-bond acceptors (Lipinski definition) is 5. The van der Waals surface area contributed by atoms with Gasteiger partial charge in [-0.1, -0.05) is 25.3 Å². The Bertz CT molecular complexity index is 680. The average molecular weight is 331 g/mol. The Morgan fingerprint density at radius 1 is 1.33 bits per heavy atom. The summed E-state index contributed by atoms with van der Waals surface area (Å²) >= 11 is 0. The second-order valence-electron chi connectivity index (χ2n) is 6.06. The van der Waals surface area contributed by atoms with E-state index in [0.717, 1.165) is 24.3 Å². The largest absolute Gasteiger partial charge is 0.504 e. The second-order valence-corrected chi connectivity index (χ2v) is 6.06. The lowest BCUT2D eigenvalue weighted by molar-refractivity contribution is -0.132. The highest BCUT2D eigenvalue weighted by Gasteiger charge is 2.51. The van der Waals surface area contributed by atoms with Gasteiger partial charge in [-0.15, -0.1) is 5.01 Å². The van der Waals surface area contributed by atoms with E-state index >= 15 is 0 Å². The Morgan fingerprint density at radius 3 is 2.79 bits per heavy atom. The van der Waals surface area contributed by atoms with Crippen molar-refractivity contribution in [3.63, 3.8) is 0 Å². The van der Waals surface area contributed by atoms with E-state index < -0.39 is 11.6 Å². The van der Waals surface area contributed by atoms with E-state index in [-0.39, 0.29) is 11.7 Å². The number of rotatable bonds is 4. The maximum Gasteiger partial charge on any atom is 0.346 e. The molecule has 24 heavy (non-hydrogen) atoms. The molecule has 1 aliphatic carbocycles. The molecule has 2 N–H and O–H groups in total. The third kappa shape index (κ3) is 2.81. The van der Waals surface area contributed by atoms with Gasteiger partial charge in [0.05, 0.1) is 12.8 Å². The fourth-order valence-electron chi connectivity index (χ4n) is 3.24. The third-order valence-electron chi connectivity index (χ3n) is 4.49. The molecule has 1 aromatic rings. The molecule has 0 radical (unpaired) electrons. The summed E-state index contributed by atoms with van der Waals surface area (Å²) in [5.74, 6) is -0.0474. The van der Waals surface area contributed by atoms with Gasteiger partial charge >= 0.3 is 6.03 Å². The molecule has 0 aromatic heterocycles. The maximum atomic E-state index is 12.6. The maximum absolute atomic E-state index is 12.6. The van der Waals surface area contributed by atoms with Crippen LogP contribution in [0.2, 0.25) is 0 Å². The minimum absolute atomic E-state index is 0.0671. The summed E-state index contributed by atoms with van der Waals surface area (Å²) in [6, 6.07) is 4.47. The number of phenolic OH excluding ortho intramolecular Hbond substituents is 1. The van der Waals surface area contributed by atoms with E-state index in [9.17, 15) is 14.7 Å². The summed E-state index contributed by atoms with van der Waals surface area (Å²) in [6.07, 6.45) is 5.51. The smallest absolute Gasteiger partial charge is 0.346 e. The van der Waals surface area contributed by atoms with E-state index in [2.05, 4.69) is 10.4 Å². The van der Waals surface area contributed by atoms with Gasteiger partial charge in [0.2, 0.25) is 0 Å². The van der Waals surface area contributed by atoms with Gasteiger partial charge in [-0.25, -0.2) is 4.79 Å². The molecule has 3 rings (SSSR count). The number of hydrazone groups is 1. The van der Waals surface area contributed by atoms with Crippen LogP contribution >= 0.6 is 0 Å². The molecule has 1 aromatic carbocycles. The van der Waals surface area contributed by atoms with Crippen LogP contribution in [0.1, 0.15) is 44.6 Å². The quantitative estimate of drug-likeness (QED) is 0.654. The monoisotopic (exact) mass is 331 g/mol. The molecule has 1 aliphatic heterocycles. The molecule has 3 amide bonds. The van der Waals surface area contributed by atoms with E-state index in [1.54, 1.807) is 18.2 Å². The molecule has 2 aliphatic rings. The molecule has 7 heteroatoms. The van der Waals surface area contributed by atoms with Crippen molar-refractivity contribution in [1.82, 2.24) is 10.3 Å². The van der Waals surface area contributed by atoms with Crippen LogP contribution in [-0.4, -0.2) is 40.4 Å². The predicted molar refractivity (Wildman–Crippen MR) is 88.1 cm³/mol. The van der Waals surface area contributed by atoms with Crippen LogP contribution in [0.4, 0.5) is 4.79 Å². The third-order valence-corrected chi connectivity index (χ3v) is 4.49. The molecule has 1 heterocycles. The number of nitrogens with one attached hydrogen (secondary N) is 1. The zero-order valence-electron chi connectivity index (χ0n) is 13.6. The van der Waals surface area contributed by atoms with Crippen LogP contribution in [0.25, 0.3) is 0 Å². The predicted octanol–water partition coefficient (Wildman–Crippen LogP) is 2.38. The molecule has 0 bridgehead atoms. The van der Waals surface area contributed by atoms with Gasteiger partial charge in [-0.05, 0) is 31.9 Å². The van der Waals surface area contributed by atoms with Gasteiger partial charge in [-0.3, -0.25) is 4.79 Å². The Hall–Kier alpha value is -2.57. The summed E-state index contributed by atoms with van der Waals surface area (Å²) < 4.78 is 5.31. The Labute approximate surface area is 140 Å². The van der Waals surface area contributed by atoms with Gasteiger partial charge in [0.15, 0.2) is 11.5 Å². The number of ether oxygens (including phenoxy) is 1. The van der Waals surface area contributed by atoms with Gasteiger partial charge in [-0.2, -0.15) is 5.10 Å². The molecule has 7 nitrogen and oxygen atoms in total. The van der Waals surface area contributed by atoms with Crippen molar-refractivity contribution in [2.45, 2.75) is 44.6 Å². The zero-order valence-corrected chi connectivity index (χ0v) is 13.6. The van der Waals surface area contributed by atoms with Crippen molar-refractivity contribution in [3.8, 4) is 11.5 Å². The number of benzene rings is 1. The summed E-state index contributed by atoms with van der Waals surface area (Å²) in [6.45, 7) is 2.24. The SMILES string of the molecule is CCOc1cccc(/C=N/N2C(=O)NC3(CCCCC3)C2=O)c1O. The summed E-state index contributed by atoms with van der Waals surface area (Å²) in [7, 11) is 0. The Morgan fingerprint density at radius 2 is 2.08 bits per heavy atom. The molecule has 2 fully saturated rings. The van der Waals surface area contributed by atoms with Crippen LogP contribution in [-0.2, 0) is 4.79 Å². The van der Waals surface area contributed by atoms with Crippen molar-refractivity contribution < 1.29 is 19.4 Å². The van der Waals surface area contributed by atoms with Crippen molar-refractivity contribution in [2.24, 2.45) is 5.10 Å². The van der Waals surface area contributed by atoms with E-state index in [0.29, 0.717) is 30.8 Å². The Balaban J connectivity index is 1.81. The standard InChI is InChI=1S/C17H21N3O4/c1-2-24-13-8-6-7-12(14(13)21)11-18-20-15(22)17(19-16(20)23)9-4-3-5-10-17/h6-8,11,21H,2-5,9-10H2,1H3,(H,19,23)/b18-11+. The first kappa shape index (κ1) is 16.3. The number of imide groups is 1. The lowest BCUT2D eigenvalue weighted by atomic mass is 9.82. The number of carbonyl (C=O) groups is 2. The van der Waals surface area contributed by atoms with E-state index in [1.165, 1.54) is 6.21 Å². The lowest BCUT2D eigenvalue weighted by Gasteiger charge is -2.29. The summed E-state index contributed by atoms with van der Waals surface area (Å²) in [5.41, 5.74) is -0.423. The molecule has 0 unspecified atom stereocenters. The van der Waals surface area contributed by atoms with Crippen LogP contribution in [0.3, 0.4) is 0 Å². The van der Waals surface area contributed by atoms with Crippen molar-refractivity contribution >= 4 is 18.2 Å². The highest BCUT2D eigenvalue weighted by atomic mass is 16.5. The second kappa shape index (κ2) is 6.51. The van der Waals surface area contributed by atoms with Crippen molar-refractivity contribution in [2.75, 3.05) is 6.61 Å². The number of para-hydroxylation sites is 1. The summed E-state index contributed by atoms with van der Waals surface area (Å²) in [5, 5.41) is 17.8. The van der Waals surface area contributed by atoms with Crippen molar-refractivity contribution in [3.05, 3.63) is 23.8 Å². The Kier molecular flexibility index (Phi) is 4.42. The molecule has 1 saturated heterocycles. The number of phenols is 1. The minimum atomic E-state index is -0.804. The number of carbonyl (C=O) groups excluding carboxylic acids is 2. The van der Waals surface area contributed by atoms with Gasteiger partial charge in [0, 0.05) is 5.56 Å². The minimum Gasteiger partial charge on any atom is -0.504 e. The number of aromatic hydroxyl groups is 1.